The molecule has 2 N–H and O–H groups in total. The average Bonchev–Trinajstić information content (AvgIpc) is 1.99. The molecule has 2 heteroatoms. The van der Waals surface area contributed by atoms with Crippen molar-refractivity contribution in [1.82, 2.24) is 0 Å². The Balaban J connectivity index is 4.01. The highest BCUT2D eigenvalue weighted by Gasteiger charge is 2.22. The maximum atomic E-state index is 5.79. The fraction of sp³-hybridized carbons (Fsp3) is 1.00. The largest absolute Gasteiger partial charge is 0.329 e. The second kappa shape index (κ2) is 5.92. The van der Waals surface area contributed by atoms with E-state index in [1.165, 1.54) is 12.8 Å². The molecule has 0 aromatic carbocycles. The molecule has 1 nitrogen and oxygen atoms in total. The molecule has 0 saturated carbocycles. The summed E-state index contributed by atoms with van der Waals surface area (Å²) in [5.41, 5.74) is 5.79. The highest BCUT2D eigenvalue weighted by Crippen LogP contribution is 2.32. The van der Waals surface area contributed by atoms with Crippen molar-refractivity contribution in [3.63, 3.8) is 0 Å². The van der Waals surface area contributed by atoms with E-state index in [0.717, 1.165) is 12.5 Å². The molecular formula is C11H25NS. The van der Waals surface area contributed by atoms with Crippen LogP contribution in [0.5, 0.6) is 0 Å². The van der Waals surface area contributed by atoms with Crippen LogP contribution < -0.4 is 5.73 Å². The Morgan fingerprint density at radius 1 is 1.31 bits per heavy atom. The van der Waals surface area contributed by atoms with Crippen LogP contribution in [0.2, 0.25) is 0 Å². The summed E-state index contributed by atoms with van der Waals surface area (Å²) >= 11 is 2.02. The first kappa shape index (κ1) is 13.3. The maximum absolute atomic E-state index is 5.79. The Morgan fingerprint density at radius 2 is 1.85 bits per heavy atom. The molecule has 0 rings (SSSR count). The molecule has 0 heterocycles. The fourth-order valence-corrected chi connectivity index (χ4v) is 2.86. The van der Waals surface area contributed by atoms with E-state index in [1.807, 2.05) is 11.8 Å². The summed E-state index contributed by atoms with van der Waals surface area (Å²) in [5.74, 6) is 0.749. The van der Waals surface area contributed by atoms with Crippen molar-refractivity contribution in [1.29, 1.82) is 0 Å². The van der Waals surface area contributed by atoms with Crippen molar-refractivity contribution in [2.24, 2.45) is 11.7 Å². The van der Waals surface area contributed by atoms with Gasteiger partial charge in [0.2, 0.25) is 0 Å². The van der Waals surface area contributed by atoms with Gasteiger partial charge in [0.15, 0.2) is 0 Å². The van der Waals surface area contributed by atoms with Gasteiger partial charge in [0.05, 0.1) is 0 Å². The molecule has 0 fully saturated rings. The zero-order valence-electron chi connectivity index (χ0n) is 9.76. The molecule has 0 spiro atoms. The number of rotatable bonds is 5. The van der Waals surface area contributed by atoms with Crippen molar-refractivity contribution in [3.8, 4) is 0 Å². The van der Waals surface area contributed by atoms with Gasteiger partial charge in [-0.25, -0.2) is 0 Å². The standard InChI is InChI=1S/C11H25NS/c1-6-7-9(2)10(8-12)13-11(3,4)5/h9-10H,6-8,12H2,1-5H3. The third-order valence-electron chi connectivity index (χ3n) is 2.12. The Bertz CT molecular complexity index is 129. The lowest BCUT2D eigenvalue weighted by atomic mass is 10.0. The SMILES string of the molecule is CCCC(C)C(CN)SC(C)(C)C. The summed E-state index contributed by atoms with van der Waals surface area (Å²) in [5, 5.41) is 0.625. The van der Waals surface area contributed by atoms with Crippen molar-refractivity contribution < 1.29 is 0 Å². The van der Waals surface area contributed by atoms with Crippen molar-refractivity contribution in [2.45, 2.75) is 57.5 Å². The van der Waals surface area contributed by atoms with Gasteiger partial charge in [-0.05, 0) is 12.3 Å². The Labute approximate surface area is 87.9 Å². The van der Waals surface area contributed by atoms with Crippen LogP contribution in [0.1, 0.15) is 47.5 Å². The second-order valence-corrected chi connectivity index (χ2v) is 6.84. The zero-order chi connectivity index (χ0) is 10.5. The van der Waals surface area contributed by atoms with Gasteiger partial charge in [-0.15, -0.1) is 0 Å². The van der Waals surface area contributed by atoms with Crippen LogP contribution in [-0.4, -0.2) is 16.5 Å². The first-order chi connectivity index (χ1) is 5.90. The minimum atomic E-state index is 0.339. The van der Waals surface area contributed by atoms with Crippen molar-refractivity contribution >= 4 is 11.8 Å². The van der Waals surface area contributed by atoms with Gasteiger partial charge in [0.1, 0.15) is 0 Å². The lowest BCUT2D eigenvalue weighted by Crippen LogP contribution is -2.28. The summed E-state index contributed by atoms with van der Waals surface area (Å²) < 4.78 is 0.339. The van der Waals surface area contributed by atoms with Crippen molar-refractivity contribution in [2.75, 3.05) is 6.54 Å². The Morgan fingerprint density at radius 3 is 2.15 bits per heavy atom. The van der Waals surface area contributed by atoms with E-state index in [1.54, 1.807) is 0 Å². The van der Waals surface area contributed by atoms with E-state index >= 15 is 0 Å². The highest BCUT2D eigenvalue weighted by molar-refractivity contribution is 8.01. The predicted octanol–water partition coefficient (Wildman–Crippen LogP) is 3.28. The van der Waals surface area contributed by atoms with Gasteiger partial charge < -0.3 is 5.73 Å². The topological polar surface area (TPSA) is 26.0 Å². The summed E-state index contributed by atoms with van der Waals surface area (Å²) in [6.07, 6.45) is 2.56. The smallest absolute Gasteiger partial charge is 0.0201 e. The van der Waals surface area contributed by atoms with Crippen LogP contribution in [0.15, 0.2) is 0 Å². The third-order valence-corrected chi connectivity index (χ3v) is 3.78. The monoisotopic (exact) mass is 203 g/mol. The van der Waals surface area contributed by atoms with Crippen LogP contribution in [-0.2, 0) is 0 Å². The lowest BCUT2D eigenvalue weighted by molar-refractivity contribution is 0.502. The number of nitrogens with two attached hydrogens (primary N) is 1. The summed E-state index contributed by atoms with van der Waals surface area (Å²) in [6.45, 7) is 12.2. The molecule has 0 saturated heterocycles. The van der Waals surface area contributed by atoms with E-state index in [4.69, 9.17) is 5.73 Å². The Hall–Kier alpha value is 0.310. The summed E-state index contributed by atoms with van der Waals surface area (Å²) in [6, 6.07) is 0. The van der Waals surface area contributed by atoms with Crippen LogP contribution in [0, 0.1) is 5.92 Å². The van der Waals surface area contributed by atoms with Gasteiger partial charge in [-0.3, -0.25) is 0 Å². The third kappa shape index (κ3) is 6.39. The molecule has 2 unspecified atom stereocenters. The van der Waals surface area contributed by atoms with Gasteiger partial charge in [-0.1, -0.05) is 41.0 Å². The molecule has 0 bridgehead atoms. The summed E-state index contributed by atoms with van der Waals surface area (Å²) in [4.78, 5) is 0. The van der Waals surface area contributed by atoms with Crippen molar-refractivity contribution in [3.05, 3.63) is 0 Å². The first-order valence-corrected chi connectivity index (χ1v) is 6.16. The molecule has 0 aliphatic carbocycles. The molecule has 80 valence electrons. The molecule has 0 radical (unpaired) electrons. The van der Waals surface area contributed by atoms with E-state index < -0.39 is 0 Å². The fourth-order valence-electron chi connectivity index (χ4n) is 1.49. The van der Waals surface area contributed by atoms with E-state index in [-0.39, 0.29) is 0 Å². The van der Waals surface area contributed by atoms with Gasteiger partial charge in [0.25, 0.3) is 0 Å². The van der Waals surface area contributed by atoms with Crippen LogP contribution >= 0.6 is 11.8 Å². The average molecular weight is 203 g/mol. The van der Waals surface area contributed by atoms with Crippen LogP contribution in [0.4, 0.5) is 0 Å². The normalized spacial score (nSPS) is 17.1. The molecular weight excluding hydrogens is 178 g/mol. The quantitative estimate of drug-likeness (QED) is 0.742. The van der Waals surface area contributed by atoms with E-state index in [9.17, 15) is 0 Å². The minimum absolute atomic E-state index is 0.339. The van der Waals surface area contributed by atoms with Gasteiger partial charge in [-0.2, -0.15) is 11.8 Å². The highest BCUT2D eigenvalue weighted by atomic mass is 32.2. The molecule has 2 atom stereocenters. The predicted molar refractivity (Wildman–Crippen MR) is 64.3 cm³/mol. The minimum Gasteiger partial charge on any atom is -0.329 e. The second-order valence-electron chi connectivity index (χ2n) is 4.77. The molecule has 0 amide bonds. The van der Waals surface area contributed by atoms with Crippen LogP contribution in [0.3, 0.4) is 0 Å². The lowest BCUT2D eigenvalue weighted by Gasteiger charge is -2.29. The van der Waals surface area contributed by atoms with E-state index in [0.29, 0.717) is 10.00 Å². The van der Waals surface area contributed by atoms with Gasteiger partial charge >= 0.3 is 0 Å². The number of hydrogen-bond acceptors (Lipinski definition) is 2. The molecule has 13 heavy (non-hydrogen) atoms. The molecule has 0 aromatic heterocycles. The maximum Gasteiger partial charge on any atom is 0.0201 e. The molecule has 0 aliphatic heterocycles. The van der Waals surface area contributed by atoms with Gasteiger partial charge in [0, 0.05) is 16.5 Å². The Kier molecular flexibility index (Phi) is 6.06. The van der Waals surface area contributed by atoms with Crippen LogP contribution in [0.25, 0.3) is 0 Å². The van der Waals surface area contributed by atoms with E-state index in [2.05, 4.69) is 34.6 Å². The number of thioether (sulfide) groups is 1. The molecule has 0 aliphatic rings. The summed E-state index contributed by atoms with van der Waals surface area (Å²) in [7, 11) is 0. The molecule has 0 aromatic rings. The number of hydrogen-bond donors (Lipinski definition) is 1. The zero-order valence-corrected chi connectivity index (χ0v) is 10.6. The first-order valence-electron chi connectivity index (χ1n) is 5.28.